The average Bonchev–Trinajstić information content (AvgIpc) is 2.17. The Bertz CT molecular complexity index is 423. The Morgan fingerprint density at radius 1 is 1.15 bits per heavy atom. The number of rotatable bonds is 1. The van der Waals surface area contributed by atoms with Crippen molar-refractivity contribution in [1.82, 2.24) is 4.98 Å². The molecule has 1 atom stereocenters. The highest BCUT2D eigenvalue weighted by atomic mass is 16.3. The minimum absolute atomic E-state index is 0.496. The highest BCUT2D eigenvalue weighted by Crippen LogP contribution is 2.15. The highest BCUT2D eigenvalue weighted by Gasteiger charge is 2.02. The third-order valence-electron chi connectivity index (χ3n) is 2.05. The zero-order valence-electron chi connectivity index (χ0n) is 7.44. The minimum Gasteiger partial charge on any atom is -0.387 e. The van der Waals surface area contributed by atoms with E-state index in [0.717, 1.165) is 16.6 Å². The van der Waals surface area contributed by atoms with Gasteiger partial charge in [0.1, 0.15) is 0 Å². The standard InChI is InChI=1S/C11H11NO/c1-8(13)10-7-6-9-4-2-3-5-11(9)12-10/h2-8,13H,1H3/t8-/m1/s1. The van der Waals surface area contributed by atoms with Crippen LogP contribution in [-0.2, 0) is 0 Å². The summed E-state index contributed by atoms with van der Waals surface area (Å²) in [4.78, 5) is 4.32. The fraction of sp³-hybridized carbons (Fsp3) is 0.182. The maximum atomic E-state index is 9.32. The fourth-order valence-electron chi connectivity index (χ4n) is 1.31. The zero-order valence-corrected chi connectivity index (χ0v) is 7.44. The first kappa shape index (κ1) is 8.20. The van der Waals surface area contributed by atoms with E-state index >= 15 is 0 Å². The Morgan fingerprint density at radius 2 is 1.92 bits per heavy atom. The summed E-state index contributed by atoms with van der Waals surface area (Å²) in [5.41, 5.74) is 1.65. The van der Waals surface area contributed by atoms with Gasteiger partial charge in [-0.1, -0.05) is 24.3 Å². The molecule has 2 nitrogen and oxygen atoms in total. The first-order valence-electron chi connectivity index (χ1n) is 4.31. The number of fused-ring (bicyclic) bond motifs is 1. The van der Waals surface area contributed by atoms with E-state index in [1.54, 1.807) is 6.92 Å². The molecule has 0 aliphatic carbocycles. The molecule has 0 saturated carbocycles. The third-order valence-corrected chi connectivity index (χ3v) is 2.05. The van der Waals surface area contributed by atoms with Crippen LogP contribution in [0.4, 0.5) is 0 Å². The second kappa shape index (κ2) is 3.15. The third kappa shape index (κ3) is 1.53. The van der Waals surface area contributed by atoms with Gasteiger partial charge >= 0.3 is 0 Å². The Hall–Kier alpha value is -1.41. The van der Waals surface area contributed by atoms with Gasteiger partial charge in [-0.25, -0.2) is 0 Å². The predicted octanol–water partition coefficient (Wildman–Crippen LogP) is 2.29. The van der Waals surface area contributed by atoms with Crippen molar-refractivity contribution in [3.63, 3.8) is 0 Å². The van der Waals surface area contributed by atoms with Gasteiger partial charge in [-0.05, 0) is 19.1 Å². The highest BCUT2D eigenvalue weighted by molar-refractivity contribution is 5.78. The quantitative estimate of drug-likeness (QED) is 0.717. The Kier molecular flexibility index (Phi) is 1.99. The second-order valence-electron chi connectivity index (χ2n) is 3.10. The summed E-state index contributed by atoms with van der Waals surface area (Å²) < 4.78 is 0. The maximum Gasteiger partial charge on any atom is 0.0932 e. The van der Waals surface area contributed by atoms with Gasteiger partial charge < -0.3 is 5.11 Å². The van der Waals surface area contributed by atoms with Crippen LogP contribution in [0.1, 0.15) is 18.7 Å². The lowest BCUT2D eigenvalue weighted by Crippen LogP contribution is -1.94. The van der Waals surface area contributed by atoms with Crippen molar-refractivity contribution >= 4 is 10.9 Å². The van der Waals surface area contributed by atoms with Gasteiger partial charge in [-0.3, -0.25) is 4.98 Å². The van der Waals surface area contributed by atoms with Crippen LogP contribution in [0.2, 0.25) is 0 Å². The summed E-state index contributed by atoms with van der Waals surface area (Å²) in [6, 6.07) is 11.7. The molecule has 0 radical (unpaired) electrons. The van der Waals surface area contributed by atoms with Crippen LogP contribution in [0, 0.1) is 0 Å². The molecule has 2 rings (SSSR count). The molecule has 0 bridgehead atoms. The van der Waals surface area contributed by atoms with Crippen LogP contribution >= 0.6 is 0 Å². The fourth-order valence-corrected chi connectivity index (χ4v) is 1.31. The molecule has 0 amide bonds. The van der Waals surface area contributed by atoms with Crippen molar-refractivity contribution in [2.45, 2.75) is 13.0 Å². The monoisotopic (exact) mass is 173 g/mol. The summed E-state index contributed by atoms with van der Waals surface area (Å²) in [5, 5.41) is 10.4. The van der Waals surface area contributed by atoms with Crippen LogP contribution in [0.5, 0.6) is 0 Å². The first-order valence-corrected chi connectivity index (χ1v) is 4.31. The average molecular weight is 173 g/mol. The SMILES string of the molecule is C[C@@H](O)c1ccc2ccccc2n1. The molecule has 0 fully saturated rings. The summed E-state index contributed by atoms with van der Waals surface area (Å²) in [6.07, 6.45) is -0.496. The van der Waals surface area contributed by atoms with E-state index in [2.05, 4.69) is 4.98 Å². The molecule has 0 saturated heterocycles. The van der Waals surface area contributed by atoms with E-state index in [-0.39, 0.29) is 0 Å². The number of aromatic nitrogens is 1. The van der Waals surface area contributed by atoms with E-state index in [9.17, 15) is 5.11 Å². The van der Waals surface area contributed by atoms with Crippen molar-refractivity contribution in [2.75, 3.05) is 0 Å². The summed E-state index contributed by atoms with van der Waals surface area (Å²) in [6.45, 7) is 1.72. The number of aliphatic hydroxyl groups is 1. The van der Waals surface area contributed by atoms with Gasteiger partial charge in [0.25, 0.3) is 0 Å². The molecule has 1 aromatic heterocycles. The van der Waals surface area contributed by atoms with Crippen molar-refractivity contribution in [3.05, 3.63) is 42.1 Å². The van der Waals surface area contributed by atoms with Crippen molar-refractivity contribution < 1.29 is 5.11 Å². The minimum atomic E-state index is -0.496. The second-order valence-corrected chi connectivity index (χ2v) is 3.10. The van der Waals surface area contributed by atoms with Gasteiger partial charge in [0.05, 0.1) is 17.3 Å². The van der Waals surface area contributed by atoms with Crippen LogP contribution in [0.3, 0.4) is 0 Å². The molecular weight excluding hydrogens is 162 g/mol. The van der Waals surface area contributed by atoms with Gasteiger partial charge in [-0.2, -0.15) is 0 Å². The molecule has 0 unspecified atom stereocenters. The number of hydrogen-bond acceptors (Lipinski definition) is 2. The van der Waals surface area contributed by atoms with Crippen LogP contribution in [-0.4, -0.2) is 10.1 Å². The molecule has 1 heterocycles. The van der Waals surface area contributed by atoms with Crippen LogP contribution in [0.25, 0.3) is 10.9 Å². The van der Waals surface area contributed by atoms with E-state index in [1.165, 1.54) is 0 Å². The predicted molar refractivity (Wildman–Crippen MR) is 52.4 cm³/mol. The van der Waals surface area contributed by atoms with Gasteiger partial charge in [0, 0.05) is 5.39 Å². The molecule has 66 valence electrons. The molecule has 2 aromatic rings. The molecule has 13 heavy (non-hydrogen) atoms. The van der Waals surface area contributed by atoms with Crippen molar-refractivity contribution in [3.8, 4) is 0 Å². The van der Waals surface area contributed by atoms with E-state index < -0.39 is 6.10 Å². The Labute approximate surface area is 76.9 Å². The lowest BCUT2D eigenvalue weighted by molar-refractivity contribution is 0.195. The Balaban J connectivity index is 2.62. The lowest BCUT2D eigenvalue weighted by atomic mass is 10.2. The first-order chi connectivity index (χ1) is 6.27. The van der Waals surface area contributed by atoms with Crippen molar-refractivity contribution in [1.29, 1.82) is 0 Å². The van der Waals surface area contributed by atoms with Gasteiger partial charge in [0.15, 0.2) is 0 Å². The van der Waals surface area contributed by atoms with E-state index in [0.29, 0.717) is 0 Å². The molecule has 1 aromatic carbocycles. The number of para-hydroxylation sites is 1. The number of pyridine rings is 1. The van der Waals surface area contributed by atoms with Crippen molar-refractivity contribution in [2.24, 2.45) is 0 Å². The van der Waals surface area contributed by atoms with Crippen LogP contribution in [0.15, 0.2) is 36.4 Å². The molecular formula is C11H11NO. The zero-order chi connectivity index (χ0) is 9.26. The molecule has 1 N–H and O–H groups in total. The molecule has 0 aliphatic heterocycles. The number of nitrogens with zero attached hydrogens (tertiary/aromatic N) is 1. The Morgan fingerprint density at radius 3 is 2.69 bits per heavy atom. The van der Waals surface area contributed by atoms with Gasteiger partial charge in [-0.15, -0.1) is 0 Å². The number of aliphatic hydroxyl groups excluding tert-OH is 1. The lowest BCUT2D eigenvalue weighted by Gasteiger charge is -2.04. The van der Waals surface area contributed by atoms with Crippen LogP contribution < -0.4 is 0 Å². The molecule has 2 heteroatoms. The summed E-state index contributed by atoms with van der Waals surface area (Å²) in [7, 11) is 0. The van der Waals surface area contributed by atoms with Gasteiger partial charge in [0.2, 0.25) is 0 Å². The smallest absolute Gasteiger partial charge is 0.0932 e. The van der Waals surface area contributed by atoms with E-state index in [1.807, 2.05) is 36.4 Å². The summed E-state index contributed by atoms with van der Waals surface area (Å²) in [5.74, 6) is 0. The molecule has 0 aliphatic rings. The number of benzene rings is 1. The normalized spacial score (nSPS) is 13.1. The molecule has 0 spiro atoms. The largest absolute Gasteiger partial charge is 0.387 e. The number of hydrogen-bond donors (Lipinski definition) is 1. The summed E-state index contributed by atoms with van der Waals surface area (Å²) >= 11 is 0. The maximum absolute atomic E-state index is 9.32. The van der Waals surface area contributed by atoms with E-state index in [4.69, 9.17) is 0 Å². The topological polar surface area (TPSA) is 33.1 Å².